The topological polar surface area (TPSA) is 58.6 Å². The van der Waals surface area contributed by atoms with Gasteiger partial charge in [0.2, 0.25) is 5.91 Å². The van der Waals surface area contributed by atoms with Gasteiger partial charge < -0.3 is 15.2 Å². The molecule has 1 saturated carbocycles. The molecule has 1 aliphatic carbocycles. The van der Waals surface area contributed by atoms with Crippen molar-refractivity contribution < 1.29 is 14.6 Å². The lowest BCUT2D eigenvalue weighted by molar-refractivity contribution is -0.123. The van der Waals surface area contributed by atoms with Gasteiger partial charge in [-0.2, -0.15) is 0 Å². The number of benzene rings is 1. The van der Waals surface area contributed by atoms with E-state index in [1.54, 1.807) is 0 Å². The molecule has 19 heavy (non-hydrogen) atoms. The third-order valence-corrected chi connectivity index (χ3v) is 3.41. The van der Waals surface area contributed by atoms with Gasteiger partial charge in [-0.3, -0.25) is 4.79 Å². The molecule has 2 rings (SSSR count). The average Bonchev–Trinajstić information content (AvgIpc) is 2.32. The minimum Gasteiger partial charge on any atom is -0.493 e. The maximum absolute atomic E-state index is 11.6. The molecule has 0 saturated heterocycles. The number of ether oxygens (including phenoxy) is 1. The van der Waals surface area contributed by atoms with Crippen LogP contribution >= 0.6 is 0 Å². The van der Waals surface area contributed by atoms with Crippen LogP contribution in [0.2, 0.25) is 0 Å². The number of rotatable bonds is 5. The summed E-state index contributed by atoms with van der Waals surface area (Å²) in [6.07, 6.45) is 1.45. The van der Waals surface area contributed by atoms with Gasteiger partial charge >= 0.3 is 0 Å². The lowest BCUT2D eigenvalue weighted by Crippen LogP contribution is -2.46. The van der Waals surface area contributed by atoms with Gasteiger partial charge in [-0.25, -0.2) is 0 Å². The third kappa shape index (κ3) is 3.96. The lowest BCUT2D eigenvalue weighted by atomic mass is 9.89. The Bertz CT molecular complexity index is 453. The molecule has 0 spiro atoms. The summed E-state index contributed by atoms with van der Waals surface area (Å²) in [5.74, 6) is 0.828. The summed E-state index contributed by atoms with van der Waals surface area (Å²) in [7, 11) is 0. The highest BCUT2D eigenvalue weighted by Gasteiger charge is 2.28. The molecule has 2 N–H and O–H groups in total. The molecule has 1 amide bonds. The molecular formula is C15H21NO3. The van der Waals surface area contributed by atoms with Crippen LogP contribution in [0.1, 0.15) is 30.4 Å². The second-order valence-corrected chi connectivity index (χ2v) is 5.26. The van der Waals surface area contributed by atoms with E-state index >= 15 is 0 Å². The van der Waals surface area contributed by atoms with Crippen LogP contribution in [-0.2, 0) is 4.79 Å². The van der Waals surface area contributed by atoms with E-state index in [9.17, 15) is 4.79 Å². The first kappa shape index (κ1) is 13.9. The van der Waals surface area contributed by atoms with Gasteiger partial charge in [0.1, 0.15) is 5.75 Å². The first-order chi connectivity index (χ1) is 9.04. The Morgan fingerprint density at radius 2 is 2.16 bits per heavy atom. The first-order valence-electron chi connectivity index (χ1n) is 6.72. The quantitative estimate of drug-likeness (QED) is 0.850. The van der Waals surface area contributed by atoms with Gasteiger partial charge in [-0.1, -0.05) is 12.1 Å². The summed E-state index contributed by atoms with van der Waals surface area (Å²) in [5.41, 5.74) is 2.22. The van der Waals surface area contributed by atoms with Crippen molar-refractivity contribution in [3.8, 4) is 5.75 Å². The van der Waals surface area contributed by atoms with E-state index in [0.29, 0.717) is 25.9 Å². The summed E-state index contributed by atoms with van der Waals surface area (Å²) in [4.78, 5) is 11.6. The second-order valence-electron chi connectivity index (χ2n) is 5.26. The highest BCUT2D eigenvalue weighted by Crippen LogP contribution is 2.20. The summed E-state index contributed by atoms with van der Waals surface area (Å²) in [6, 6.07) is 6.18. The molecule has 0 aromatic heterocycles. The number of carbonyl (C=O) groups is 1. The number of amides is 1. The van der Waals surface area contributed by atoms with E-state index in [2.05, 4.69) is 5.32 Å². The fraction of sp³-hybridized carbons (Fsp3) is 0.533. The van der Waals surface area contributed by atoms with Gasteiger partial charge in [0.05, 0.1) is 19.1 Å². The summed E-state index contributed by atoms with van der Waals surface area (Å²) >= 11 is 0. The van der Waals surface area contributed by atoms with Gasteiger partial charge in [-0.15, -0.1) is 0 Å². The highest BCUT2D eigenvalue weighted by atomic mass is 16.5. The zero-order valence-electron chi connectivity index (χ0n) is 11.5. The molecule has 0 radical (unpaired) electrons. The largest absolute Gasteiger partial charge is 0.493 e. The van der Waals surface area contributed by atoms with Gasteiger partial charge in [0.25, 0.3) is 0 Å². The average molecular weight is 263 g/mol. The van der Waals surface area contributed by atoms with Crippen molar-refractivity contribution in [2.24, 2.45) is 0 Å². The Labute approximate surface area is 113 Å². The fourth-order valence-corrected chi connectivity index (χ4v) is 2.12. The Hall–Kier alpha value is -1.55. The van der Waals surface area contributed by atoms with Gasteiger partial charge in [-0.05, 0) is 43.9 Å². The standard InChI is InChI=1S/C15H21NO3/c1-10-3-4-11(2)14(7-10)19-6-5-15(18)16-12-8-13(17)9-12/h3-4,7,12-13,17H,5-6,8-9H2,1-2H3,(H,16,18). The van der Waals surface area contributed by atoms with Crippen LogP contribution in [0.5, 0.6) is 5.75 Å². The Kier molecular flexibility index (Phi) is 4.43. The Morgan fingerprint density at radius 3 is 2.84 bits per heavy atom. The van der Waals surface area contributed by atoms with E-state index in [1.165, 1.54) is 0 Å². The molecule has 0 heterocycles. The van der Waals surface area contributed by atoms with Gasteiger partial charge in [0.15, 0.2) is 0 Å². The molecule has 1 fully saturated rings. The van der Waals surface area contributed by atoms with E-state index in [4.69, 9.17) is 9.84 Å². The predicted octanol–water partition coefficient (Wildman–Crippen LogP) is 1.71. The molecule has 1 aromatic rings. The number of hydrogen-bond donors (Lipinski definition) is 2. The van der Waals surface area contributed by atoms with Crippen LogP contribution in [0.25, 0.3) is 0 Å². The molecule has 1 aliphatic rings. The van der Waals surface area contributed by atoms with Crippen molar-refractivity contribution in [1.29, 1.82) is 0 Å². The molecule has 4 nitrogen and oxygen atoms in total. The molecule has 0 aliphatic heterocycles. The number of aliphatic hydroxyl groups excluding tert-OH is 1. The number of hydrogen-bond acceptors (Lipinski definition) is 3. The number of nitrogens with one attached hydrogen (secondary N) is 1. The number of aliphatic hydroxyl groups is 1. The molecule has 4 heteroatoms. The SMILES string of the molecule is Cc1ccc(C)c(OCCC(=O)NC2CC(O)C2)c1. The molecule has 0 bridgehead atoms. The van der Waals surface area contributed by atoms with Crippen LogP contribution in [0.4, 0.5) is 0 Å². The minimum absolute atomic E-state index is 0.0118. The molecule has 0 atom stereocenters. The second kappa shape index (κ2) is 6.06. The van der Waals surface area contributed by atoms with E-state index < -0.39 is 0 Å². The van der Waals surface area contributed by atoms with Crippen molar-refractivity contribution in [2.75, 3.05) is 6.61 Å². The van der Waals surface area contributed by atoms with Crippen molar-refractivity contribution in [3.63, 3.8) is 0 Å². The molecule has 1 aromatic carbocycles. The monoisotopic (exact) mass is 263 g/mol. The zero-order valence-corrected chi connectivity index (χ0v) is 11.5. The van der Waals surface area contributed by atoms with E-state index in [-0.39, 0.29) is 18.1 Å². The van der Waals surface area contributed by atoms with Crippen molar-refractivity contribution >= 4 is 5.91 Å². The fourth-order valence-electron chi connectivity index (χ4n) is 2.12. The number of aryl methyl sites for hydroxylation is 2. The van der Waals surface area contributed by atoms with E-state index in [0.717, 1.165) is 16.9 Å². The normalized spacial score (nSPS) is 21.6. The first-order valence-corrected chi connectivity index (χ1v) is 6.72. The van der Waals surface area contributed by atoms with Crippen molar-refractivity contribution in [3.05, 3.63) is 29.3 Å². The molecule has 0 unspecified atom stereocenters. The third-order valence-electron chi connectivity index (χ3n) is 3.41. The van der Waals surface area contributed by atoms with Crippen LogP contribution in [0.15, 0.2) is 18.2 Å². The smallest absolute Gasteiger partial charge is 0.223 e. The Balaban J connectivity index is 1.71. The predicted molar refractivity (Wildman–Crippen MR) is 73.2 cm³/mol. The summed E-state index contributed by atoms with van der Waals surface area (Å²) in [6.45, 7) is 4.39. The summed E-state index contributed by atoms with van der Waals surface area (Å²) in [5, 5.41) is 12.0. The summed E-state index contributed by atoms with van der Waals surface area (Å²) < 4.78 is 5.63. The zero-order chi connectivity index (χ0) is 13.8. The van der Waals surface area contributed by atoms with Crippen LogP contribution in [0, 0.1) is 13.8 Å². The van der Waals surface area contributed by atoms with E-state index in [1.807, 2.05) is 32.0 Å². The number of carbonyl (C=O) groups excluding carboxylic acids is 1. The van der Waals surface area contributed by atoms with Gasteiger partial charge in [0, 0.05) is 6.04 Å². The highest BCUT2D eigenvalue weighted by molar-refractivity contribution is 5.76. The minimum atomic E-state index is -0.239. The van der Waals surface area contributed by atoms with Crippen LogP contribution < -0.4 is 10.1 Å². The van der Waals surface area contributed by atoms with Crippen LogP contribution in [0.3, 0.4) is 0 Å². The van der Waals surface area contributed by atoms with Crippen LogP contribution in [-0.4, -0.2) is 29.8 Å². The lowest BCUT2D eigenvalue weighted by Gasteiger charge is -2.31. The van der Waals surface area contributed by atoms with Crippen molar-refractivity contribution in [2.45, 2.75) is 45.3 Å². The van der Waals surface area contributed by atoms with Crippen molar-refractivity contribution in [1.82, 2.24) is 5.32 Å². The molecule has 104 valence electrons. The molecular weight excluding hydrogens is 242 g/mol. The Morgan fingerprint density at radius 1 is 1.42 bits per heavy atom. The maximum atomic E-state index is 11.6. The maximum Gasteiger partial charge on any atom is 0.223 e.